The van der Waals surface area contributed by atoms with E-state index in [1.165, 1.54) is 0 Å². The molecular formula is C6H7N2O2S. The van der Waals surface area contributed by atoms with Gasteiger partial charge in [-0.3, -0.25) is 4.79 Å². The molecule has 1 aromatic heterocycles. The molecule has 0 aromatic carbocycles. The summed E-state index contributed by atoms with van der Waals surface area (Å²) in [6, 6.07) is 0. The minimum absolute atomic E-state index is 0.477. The predicted molar refractivity (Wildman–Crippen MR) is 39.4 cm³/mol. The van der Waals surface area contributed by atoms with Gasteiger partial charge in [0.2, 0.25) is 0 Å². The van der Waals surface area contributed by atoms with E-state index in [1.54, 1.807) is 13.8 Å². The monoisotopic (exact) mass is 171 g/mol. The number of carbonyl (C=O) groups is 1. The summed E-state index contributed by atoms with van der Waals surface area (Å²) < 4.78 is 0. The average Bonchev–Trinajstić information content (AvgIpc) is 2.37. The maximum Gasteiger partial charge on any atom is 0.316 e. The lowest BCUT2D eigenvalue weighted by molar-refractivity contribution is -0.142. The van der Waals surface area contributed by atoms with Crippen LogP contribution in [0.15, 0.2) is 0 Å². The van der Waals surface area contributed by atoms with Crippen LogP contribution in [0.2, 0.25) is 0 Å². The van der Waals surface area contributed by atoms with Crippen molar-refractivity contribution in [3.63, 3.8) is 0 Å². The van der Waals surface area contributed by atoms with Crippen LogP contribution in [-0.4, -0.2) is 21.3 Å². The summed E-state index contributed by atoms with van der Waals surface area (Å²) in [7, 11) is 0. The van der Waals surface area contributed by atoms with Gasteiger partial charge in [-0.2, -0.15) is 0 Å². The van der Waals surface area contributed by atoms with Gasteiger partial charge in [-0.15, -0.1) is 10.2 Å². The molecule has 1 N–H and O–H groups in total. The first-order chi connectivity index (χ1) is 5.05. The Labute approximate surface area is 67.9 Å². The lowest BCUT2D eigenvalue weighted by Crippen LogP contribution is -2.28. The maximum absolute atomic E-state index is 10.6. The molecule has 0 atom stereocenters. The summed E-state index contributed by atoms with van der Waals surface area (Å²) in [6.07, 6.45) is 0. The van der Waals surface area contributed by atoms with Crippen molar-refractivity contribution < 1.29 is 9.90 Å². The second kappa shape index (κ2) is 2.58. The smallest absolute Gasteiger partial charge is 0.316 e. The number of nitrogens with zero attached hydrogens (tertiary/aromatic N) is 2. The van der Waals surface area contributed by atoms with Gasteiger partial charge in [0.25, 0.3) is 0 Å². The Morgan fingerprint density at radius 2 is 2.36 bits per heavy atom. The molecule has 0 bridgehead atoms. The molecule has 0 aliphatic carbocycles. The summed E-state index contributed by atoms with van der Waals surface area (Å²) in [6.45, 7) is 3.17. The van der Waals surface area contributed by atoms with Gasteiger partial charge in [-0.1, -0.05) is 11.3 Å². The van der Waals surface area contributed by atoms with E-state index in [0.717, 1.165) is 11.3 Å². The molecule has 0 aliphatic heterocycles. The molecule has 0 aliphatic rings. The molecule has 0 amide bonds. The first-order valence-corrected chi connectivity index (χ1v) is 3.80. The van der Waals surface area contributed by atoms with Gasteiger partial charge in [-0.05, 0) is 13.8 Å². The Morgan fingerprint density at radius 1 is 1.73 bits per heavy atom. The number of carboxylic acids is 1. The molecule has 1 rings (SSSR count). The number of hydrogen-bond acceptors (Lipinski definition) is 4. The Hall–Kier alpha value is -0.970. The van der Waals surface area contributed by atoms with Crippen LogP contribution in [0.3, 0.4) is 0 Å². The summed E-state index contributed by atoms with van der Waals surface area (Å²) in [5.41, 5.74) is 1.56. The fourth-order valence-corrected chi connectivity index (χ4v) is 1.09. The van der Waals surface area contributed by atoms with Crippen LogP contribution < -0.4 is 0 Å². The van der Waals surface area contributed by atoms with E-state index >= 15 is 0 Å². The second-order valence-electron chi connectivity index (χ2n) is 2.63. The van der Waals surface area contributed by atoms with Gasteiger partial charge in [0.15, 0.2) is 5.51 Å². The minimum Gasteiger partial charge on any atom is -0.481 e. The molecule has 1 heterocycles. The molecule has 11 heavy (non-hydrogen) atoms. The molecule has 5 heteroatoms. The van der Waals surface area contributed by atoms with E-state index < -0.39 is 11.4 Å². The summed E-state index contributed by atoms with van der Waals surface area (Å²) in [4.78, 5) is 10.6. The summed E-state index contributed by atoms with van der Waals surface area (Å²) >= 11 is 1.13. The SMILES string of the molecule is CC(C)(C(=O)O)c1nn[c]s1. The lowest BCUT2D eigenvalue weighted by atomic mass is 9.95. The van der Waals surface area contributed by atoms with Crippen molar-refractivity contribution in [1.82, 2.24) is 10.2 Å². The number of carboxylic acid groups (broad SMARTS) is 1. The highest BCUT2D eigenvalue weighted by Gasteiger charge is 2.32. The van der Waals surface area contributed by atoms with Gasteiger partial charge in [-0.25, -0.2) is 0 Å². The largest absolute Gasteiger partial charge is 0.481 e. The molecule has 0 saturated heterocycles. The quantitative estimate of drug-likeness (QED) is 0.711. The fraction of sp³-hybridized carbons (Fsp3) is 0.500. The van der Waals surface area contributed by atoms with Crippen LogP contribution >= 0.6 is 11.3 Å². The van der Waals surface area contributed by atoms with Crippen LogP contribution in [0.4, 0.5) is 0 Å². The molecule has 0 fully saturated rings. The van der Waals surface area contributed by atoms with Crippen molar-refractivity contribution in [2.75, 3.05) is 0 Å². The van der Waals surface area contributed by atoms with Crippen LogP contribution in [0.5, 0.6) is 0 Å². The Morgan fingerprint density at radius 3 is 2.73 bits per heavy atom. The third-order valence-corrected chi connectivity index (χ3v) is 2.35. The maximum atomic E-state index is 10.6. The van der Waals surface area contributed by atoms with Crippen molar-refractivity contribution in [1.29, 1.82) is 0 Å². The first kappa shape index (κ1) is 8.13. The number of hydrogen-bond donors (Lipinski definition) is 1. The molecule has 0 spiro atoms. The molecular weight excluding hydrogens is 164 g/mol. The number of aliphatic carboxylic acids is 1. The number of rotatable bonds is 2. The Bertz CT molecular complexity index is 256. The lowest BCUT2D eigenvalue weighted by Gasteiger charge is -2.13. The zero-order valence-electron chi connectivity index (χ0n) is 6.16. The highest BCUT2D eigenvalue weighted by atomic mass is 32.1. The van der Waals surface area contributed by atoms with E-state index in [4.69, 9.17) is 5.11 Å². The van der Waals surface area contributed by atoms with E-state index in [-0.39, 0.29) is 0 Å². The van der Waals surface area contributed by atoms with Crippen molar-refractivity contribution in [3.05, 3.63) is 10.5 Å². The first-order valence-electron chi connectivity index (χ1n) is 2.98. The molecule has 4 nitrogen and oxygen atoms in total. The fourth-order valence-electron chi connectivity index (χ4n) is 0.494. The Kier molecular flexibility index (Phi) is 1.90. The normalized spacial score (nSPS) is 11.5. The van der Waals surface area contributed by atoms with Gasteiger partial charge < -0.3 is 5.11 Å². The van der Waals surface area contributed by atoms with Crippen molar-refractivity contribution >= 4 is 17.3 Å². The van der Waals surface area contributed by atoms with Gasteiger partial charge >= 0.3 is 5.97 Å². The van der Waals surface area contributed by atoms with Crippen LogP contribution in [0.1, 0.15) is 18.9 Å². The van der Waals surface area contributed by atoms with E-state index in [9.17, 15) is 4.79 Å². The minimum atomic E-state index is -0.947. The topological polar surface area (TPSA) is 63.1 Å². The highest BCUT2D eigenvalue weighted by molar-refractivity contribution is 7.09. The average molecular weight is 171 g/mol. The molecule has 59 valence electrons. The van der Waals surface area contributed by atoms with Crippen molar-refractivity contribution in [2.45, 2.75) is 19.3 Å². The summed E-state index contributed by atoms with van der Waals surface area (Å²) in [5, 5.41) is 16.3. The second-order valence-corrected chi connectivity index (χ2v) is 3.40. The zero-order valence-corrected chi connectivity index (χ0v) is 6.97. The van der Waals surface area contributed by atoms with Crippen LogP contribution in [0.25, 0.3) is 0 Å². The summed E-state index contributed by atoms with van der Waals surface area (Å²) in [5.74, 6) is -0.900. The van der Waals surface area contributed by atoms with Crippen LogP contribution in [0, 0.1) is 5.51 Å². The van der Waals surface area contributed by atoms with E-state index in [0.29, 0.717) is 5.01 Å². The van der Waals surface area contributed by atoms with Gasteiger partial charge in [0.05, 0.1) is 0 Å². The Balaban J connectivity index is 3.00. The van der Waals surface area contributed by atoms with E-state index in [2.05, 4.69) is 15.7 Å². The molecule has 0 saturated carbocycles. The van der Waals surface area contributed by atoms with Gasteiger partial charge in [0, 0.05) is 0 Å². The van der Waals surface area contributed by atoms with Crippen molar-refractivity contribution in [2.24, 2.45) is 0 Å². The highest BCUT2D eigenvalue weighted by Crippen LogP contribution is 2.23. The molecule has 1 aromatic rings. The molecule has 1 radical (unpaired) electrons. The van der Waals surface area contributed by atoms with Crippen LogP contribution in [-0.2, 0) is 10.2 Å². The predicted octanol–water partition coefficient (Wildman–Crippen LogP) is 0.700. The number of aromatic nitrogens is 2. The van der Waals surface area contributed by atoms with Crippen molar-refractivity contribution in [3.8, 4) is 0 Å². The zero-order chi connectivity index (χ0) is 8.48. The van der Waals surface area contributed by atoms with E-state index in [1.807, 2.05) is 0 Å². The third kappa shape index (κ3) is 1.37. The third-order valence-electron chi connectivity index (χ3n) is 1.39. The standard InChI is InChI=1S/C6H7N2O2S/c1-6(2,5(9)10)4-8-7-3-11-4/h1-2H3,(H,9,10). The molecule has 0 unspecified atom stereocenters. The van der Waals surface area contributed by atoms with Gasteiger partial charge in [0.1, 0.15) is 10.4 Å².